The molecule has 1 amide bonds. The number of rotatable bonds is 5. The first-order valence-corrected chi connectivity index (χ1v) is 10.7. The normalized spacial score (nSPS) is 22.3. The second-order valence-electron chi connectivity index (χ2n) is 6.92. The summed E-state index contributed by atoms with van der Waals surface area (Å²) in [7, 11) is -3.10. The molecule has 0 aromatic carbocycles. The van der Waals surface area contributed by atoms with Crippen molar-refractivity contribution in [2.45, 2.75) is 51.1 Å². The molecule has 0 bridgehead atoms. The van der Waals surface area contributed by atoms with Crippen LogP contribution in [-0.2, 0) is 19.4 Å². The largest absolute Gasteiger partial charge is 0.451 e. The van der Waals surface area contributed by atoms with Crippen molar-refractivity contribution in [3.8, 4) is 0 Å². The average molecular weight is 381 g/mol. The number of aryl methyl sites for hydroxylation is 1. The zero-order chi connectivity index (χ0) is 18.7. The number of aromatic nitrogens is 2. The van der Waals surface area contributed by atoms with Gasteiger partial charge in [0.1, 0.15) is 0 Å². The monoisotopic (exact) mass is 381 g/mol. The Morgan fingerprint density at radius 2 is 1.88 bits per heavy atom. The van der Waals surface area contributed by atoms with E-state index in [2.05, 4.69) is 9.97 Å². The maximum absolute atomic E-state index is 12.7. The summed E-state index contributed by atoms with van der Waals surface area (Å²) in [5.41, 5.74) is 0.715. The number of ether oxygens (including phenoxy) is 1. The first kappa shape index (κ1) is 18.8. The molecule has 3 rings (SSSR count). The summed E-state index contributed by atoms with van der Waals surface area (Å²) in [6, 6.07) is -0.299. The minimum atomic E-state index is -3.10. The Balaban J connectivity index is 1.65. The first-order valence-electron chi connectivity index (χ1n) is 8.83. The lowest BCUT2D eigenvalue weighted by Gasteiger charge is -2.33. The molecule has 0 spiro atoms. The molecular weight excluding hydrogens is 358 g/mol. The van der Waals surface area contributed by atoms with Crippen molar-refractivity contribution in [1.82, 2.24) is 14.9 Å². The van der Waals surface area contributed by atoms with E-state index in [1.165, 1.54) is 12.4 Å². The van der Waals surface area contributed by atoms with Crippen molar-refractivity contribution in [1.29, 1.82) is 0 Å². The summed E-state index contributed by atoms with van der Waals surface area (Å²) < 4.78 is 28.7. The zero-order valence-corrected chi connectivity index (χ0v) is 15.6. The van der Waals surface area contributed by atoms with Gasteiger partial charge in [-0.2, -0.15) is 0 Å². The van der Waals surface area contributed by atoms with Crippen LogP contribution in [0.1, 0.15) is 48.3 Å². The third-order valence-corrected chi connectivity index (χ3v) is 6.68. The van der Waals surface area contributed by atoms with E-state index >= 15 is 0 Å². The van der Waals surface area contributed by atoms with Gasteiger partial charge in [0.15, 0.2) is 22.1 Å². The van der Waals surface area contributed by atoms with E-state index in [4.69, 9.17) is 4.74 Å². The van der Waals surface area contributed by atoms with Gasteiger partial charge in [-0.05, 0) is 26.2 Å². The maximum atomic E-state index is 12.7. The fraction of sp³-hybridized carbons (Fsp3) is 0.647. The van der Waals surface area contributed by atoms with E-state index < -0.39 is 22.4 Å². The molecule has 26 heavy (non-hydrogen) atoms. The minimum Gasteiger partial charge on any atom is -0.451 e. The summed E-state index contributed by atoms with van der Waals surface area (Å²) in [5.74, 6) is -0.955. The van der Waals surface area contributed by atoms with E-state index in [0.717, 1.165) is 25.7 Å². The van der Waals surface area contributed by atoms with Gasteiger partial charge in [-0.25, -0.2) is 18.2 Å². The van der Waals surface area contributed by atoms with Crippen molar-refractivity contribution in [3.05, 3.63) is 23.8 Å². The van der Waals surface area contributed by atoms with Crippen LogP contribution in [-0.4, -0.2) is 65.4 Å². The Kier molecular flexibility index (Phi) is 5.55. The standard InChI is InChI=1S/C17H23N3O5S/c1-12-8-19-15(9-18-12)17(22)25-10-16(21)20(13-4-2-3-5-13)14-6-7-26(23,24)11-14/h8-9,13-14H,2-7,10-11H2,1H3/t14-/m1/s1. The second-order valence-corrected chi connectivity index (χ2v) is 9.14. The number of hydrogen-bond donors (Lipinski definition) is 0. The Morgan fingerprint density at radius 1 is 1.15 bits per heavy atom. The molecule has 142 valence electrons. The number of sulfone groups is 1. The summed E-state index contributed by atoms with van der Waals surface area (Å²) in [6.45, 7) is 1.34. The van der Waals surface area contributed by atoms with Crippen LogP contribution >= 0.6 is 0 Å². The zero-order valence-electron chi connectivity index (χ0n) is 14.8. The smallest absolute Gasteiger partial charge is 0.359 e. The van der Waals surface area contributed by atoms with Crippen LogP contribution in [0.5, 0.6) is 0 Å². The van der Waals surface area contributed by atoms with Crippen LogP contribution in [0, 0.1) is 6.92 Å². The van der Waals surface area contributed by atoms with Crippen LogP contribution in [0.25, 0.3) is 0 Å². The summed E-state index contributed by atoms with van der Waals surface area (Å²) in [6.07, 6.45) is 6.97. The van der Waals surface area contributed by atoms with Gasteiger partial charge in [0.05, 0.1) is 23.4 Å². The SMILES string of the molecule is Cc1cnc(C(=O)OCC(=O)N(C2CCCC2)[C@@H]2CCS(=O)(=O)C2)cn1. The van der Waals surface area contributed by atoms with Gasteiger partial charge >= 0.3 is 5.97 Å². The highest BCUT2D eigenvalue weighted by atomic mass is 32.2. The quantitative estimate of drug-likeness (QED) is 0.698. The predicted octanol–water partition coefficient (Wildman–Crippen LogP) is 0.900. The molecular formula is C17H23N3O5S. The fourth-order valence-electron chi connectivity index (χ4n) is 3.66. The highest BCUT2D eigenvalue weighted by Gasteiger charge is 2.39. The predicted molar refractivity (Wildman–Crippen MR) is 93.2 cm³/mol. The molecule has 2 fully saturated rings. The third-order valence-electron chi connectivity index (χ3n) is 4.92. The van der Waals surface area contributed by atoms with E-state index in [1.54, 1.807) is 11.8 Å². The highest BCUT2D eigenvalue weighted by Crippen LogP contribution is 2.29. The van der Waals surface area contributed by atoms with Crippen LogP contribution in [0.2, 0.25) is 0 Å². The molecule has 1 saturated carbocycles. The summed E-state index contributed by atoms with van der Waals surface area (Å²) in [5, 5.41) is 0. The molecule has 2 heterocycles. The number of hydrogen-bond acceptors (Lipinski definition) is 7. The van der Waals surface area contributed by atoms with Crippen LogP contribution in [0.15, 0.2) is 12.4 Å². The number of carbonyl (C=O) groups is 2. The number of amides is 1. The van der Waals surface area contributed by atoms with Crippen molar-refractivity contribution in [2.75, 3.05) is 18.1 Å². The van der Waals surface area contributed by atoms with Crippen LogP contribution in [0.3, 0.4) is 0 Å². The Hall–Kier alpha value is -2.03. The van der Waals surface area contributed by atoms with Gasteiger partial charge in [-0.15, -0.1) is 0 Å². The Bertz CT molecular complexity index is 772. The molecule has 2 aliphatic rings. The van der Waals surface area contributed by atoms with Gasteiger partial charge in [0, 0.05) is 18.3 Å². The number of nitrogens with zero attached hydrogens (tertiary/aromatic N) is 3. The van der Waals surface area contributed by atoms with Gasteiger partial charge in [0.25, 0.3) is 5.91 Å². The lowest BCUT2D eigenvalue weighted by Crippen LogP contribution is -2.48. The van der Waals surface area contributed by atoms with Crippen molar-refractivity contribution < 1.29 is 22.7 Å². The Labute approximate surface area is 152 Å². The van der Waals surface area contributed by atoms with Crippen LogP contribution < -0.4 is 0 Å². The van der Waals surface area contributed by atoms with E-state index in [0.29, 0.717) is 12.1 Å². The van der Waals surface area contributed by atoms with Crippen molar-refractivity contribution in [3.63, 3.8) is 0 Å². The Morgan fingerprint density at radius 3 is 2.46 bits per heavy atom. The van der Waals surface area contributed by atoms with Crippen molar-refractivity contribution >= 4 is 21.7 Å². The highest BCUT2D eigenvalue weighted by molar-refractivity contribution is 7.91. The van der Waals surface area contributed by atoms with Gasteiger partial charge < -0.3 is 9.64 Å². The van der Waals surface area contributed by atoms with Crippen LogP contribution in [0.4, 0.5) is 0 Å². The van der Waals surface area contributed by atoms with E-state index in [-0.39, 0.29) is 35.2 Å². The van der Waals surface area contributed by atoms with Crippen molar-refractivity contribution in [2.24, 2.45) is 0 Å². The molecule has 1 aromatic heterocycles. The molecule has 1 aliphatic carbocycles. The maximum Gasteiger partial charge on any atom is 0.359 e. The van der Waals surface area contributed by atoms with Gasteiger partial charge in [-0.3, -0.25) is 9.78 Å². The molecule has 0 unspecified atom stereocenters. The molecule has 1 aromatic rings. The van der Waals surface area contributed by atoms with E-state index in [1.807, 2.05) is 0 Å². The molecule has 1 saturated heterocycles. The number of esters is 1. The molecule has 8 nitrogen and oxygen atoms in total. The third kappa shape index (κ3) is 4.38. The lowest BCUT2D eigenvalue weighted by molar-refractivity contribution is -0.139. The first-order chi connectivity index (χ1) is 12.4. The molecule has 0 radical (unpaired) electrons. The summed E-state index contributed by atoms with van der Waals surface area (Å²) in [4.78, 5) is 34.3. The van der Waals surface area contributed by atoms with Gasteiger partial charge in [-0.1, -0.05) is 12.8 Å². The molecule has 0 N–H and O–H groups in total. The number of carbonyl (C=O) groups excluding carboxylic acids is 2. The van der Waals surface area contributed by atoms with E-state index in [9.17, 15) is 18.0 Å². The molecule has 1 atom stereocenters. The molecule has 9 heteroatoms. The fourth-order valence-corrected chi connectivity index (χ4v) is 5.37. The second kappa shape index (κ2) is 7.69. The topological polar surface area (TPSA) is 107 Å². The molecule has 1 aliphatic heterocycles. The average Bonchev–Trinajstić information content (AvgIpc) is 3.24. The van der Waals surface area contributed by atoms with Gasteiger partial charge in [0.2, 0.25) is 0 Å². The minimum absolute atomic E-state index is 0.00732. The lowest BCUT2D eigenvalue weighted by atomic mass is 10.1. The summed E-state index contributed by atoms with van der Waals surface area (Å²) >= 11 is 0.